The van der Waals surface area contributed by atoms with E-state index >= 15 is 0 Å². The van der Waals surface area contributed by atoms with E-state index in [-0.39, 0.29) is 35.9 Å². The molecule has 144 valence electrons. The van der Waals surface area contributed by atoms with Crippen LogP contribution in [-0.2, 0) is 19.4 Å². The van der Waals surface area contributed by atoms with Gasteiger partial charge in [-0.15, -0.1) is 0 Å². The van der Waals surface area contributed by atoms with Gasteiger partial charge >= 0.3 is 0 Å². The van der Waals surface area contributed by atoms with Crippen LogP contribution in [-0.4, -0.2) is 65.5 Å². The minimum absolute atomic E-state index is 0.0376. The molecule has 0 spiro atoms. The maximum atomic E-state index is 12.6. The van der Waals surface area contributed by atoms with Gasteiger partial charge in [-0.1, -0.05) is 47.7 Å². The smallest absolute Gasteiger partial charge is 0.266 e. The summed E-state index contributed by atoms with van der Waals surface area (Å²) in [6.45, 7) is -0.199. The van der Waals surface area contributed by atoms with Crippen LogP contribution < -0.4 is 0 Å². The van der Waals surface area contributed by atoms with Crippen molar-refractivity contribution >= 4 is 67.6 Å². The Morgan fingerprint density at radius 2 is 2.07 bits per heavy atom. The Morgan fingerprint density at radius 3 is 2.67 bits per heavy atom. The number of halogens is 1. The lowest BCUT2D eigenvalue weighted by Crippen LogP contribution is -2.45. The van der Waals surface area contributed by atoms with Crippen LogP contribution >= 0.6 is 35.6 Å². The van der Waals surface area contributed by atoms with Gasteiger partial charge < -0.3 is 4.90 Å². The highest BCUT2D eigenvalue weighted by Gasteiger charge is 2.37. The molecule has 10 heteroatoms. The van der Waals surface area contributed by atoms with Crippen molar-refractivity contribution in [1.29, 1.82) is 0 Å². The molecule has 1 aromatic rings. The number of rotatable bonds is 4. The zero-order valence-electron chi connectivity index (χ0n) is 14.4. The number of amides is 2. The number of sulfone groups is 1. The summed E-state index contributed by atoms with van der Waals surface area (Å²) in [6.07, 6.45) is 2.12. The van der Waals surface area contributed by atoms with Crippen LogP contribution in [0.1, 0.15) is 12.0 Å². The summed E-state index contributed by atoms with van der Waals surface area (Å²) in [7, 11) is -1.53. The Kier molecular flexibility index (Phi) is 5.95. The molecule has 1 aromatic carbocycles. The average molecular weight is 445 g/mol. The van der Waals surface area contributed by atoms with E-state index in [1.54, 1.807) is 37.4 Å². The van der Waals surface area contributed by atoms with Gasteiger partial charge in [-0.3, -0.25) is 14.5 Å². The molecular weight excluding hydrogens is 428 g/mol. The second-order valence-corrected chi connectivity index (χ2v) is 10.7. The SMILES string of the molecule is CN(C(=O)CN1C(=O)C(=Cc2ccc(Cl)cc2)SC1=S)C1CCS(=O)(=O)C1. The molecule has 27 heavy (non-hydrogen) atoms. The number of thioether (sulfide) groups is 1. The van der Waals surface area contributed by atoms with E-state index in [0.717, 1.165) is 17.3 Å². The number of carbonyl (C=O) groups excluding carboxylic acids is 2. The Bertz CT molecular complexity index is 928. The van der Waals surface area contributed by atoms with Gasteiger partial charge in [0.25, 0.3) is 5.91 Å². The van der Waals surface area contributed by atoms with Crippen molar-refractivity contribution in [3.05, 3.63) is 39.8 Å². The van der Waals surface area contributed by atoms with Gasteiger partial charge in [0, 0.05) is 18.1 Å². The summed E-state index contributed by atoms with van der Waals surface area (Å²) in [6, 6.07) is 6.67. The largest absolute Gasteiger partial charge is 0.340 e. The highest BCUT2D eigenvalue weighted by atomic mass is 35.5. The predicted molar refractivity (Wildman–Crippen MR) is 111 cm³/mol. The molecule has 0 saturated carbocycles. The van der Waals surface area contributed by atoms with Crippen LogP contribution in [0.2, 0.25) is 5.02 Å². The first-order valence-corrected chi connectivity index (χ1v) is 11.6. The number of hydrogen-bond acceptors (Lipinski definition) is 6. The summed E-state index contributed by atoms with van der Waals surface area (Å²) in [5.41, 5.74) is 0.805. The molecule has 1 atom stereocenters. The first-order chi connectivity index (χ1) is 12.7. The molecule has 0 aliphatic carbocycles. The van der Waals surface area contributed by atoms with E-state index in [4.69, 9.17) is 23.8 Å². The van der Waals surface area contributed by atoms with Crippen molar-refractivity contribution in [2.75, 3.05) is 25.1 Å². The zero-order valence-corrected chi connectivity index (χ0v) is 17.6. The predicted octanol–water partition coefficient (Wildman–Crippen LogP) is 2.19. The number of hydrogen-bond donors (Lipinski definition) is 0. The molecule has 2 aliphatic rings. The van der Waals surface area contributed by atoms with Gasteiger partial charge in [0.15, 0.2) is 9.84 Å². The summed E-state index contributed by atoms with van der Waals surface area (Å²) in [4.78, 5) is 28.2. The van der Waals surface area contributed by atoms with Crippen LogP contribution in [0.15, 0.2) is 29.2 Å². The first-order valence-electron chi connectivity index (χ1n) is 8.13. The lowest BCUT2D eigenvalue weighted by molar-refractivity contribution is -0.135. The standard InChI is InChI=1S/C17H17ClN2O4S3/c1-19(13-6-7-27(23,24)10-13)15(21)9-20-16(22)14(26-17(20)25)8-11-2-4-12(18)5-3-11/h2-5,8,13H,6-7,9-10H2,1H3. The Balaban J connectivity index is 1.68. The number of likely N-dealkylation sites (N-methyl/N-ethyl adjacent to an activating group) is 1. The summed E-state index contributed by atoms with van der Waals surface area (Å²) in [5, 5.41) is 0.599. The Morgan fingerprint density at radius 1 is 1.41 bits per heavy atom. The van der Waals surface area contributed by atoms with E-state index in [1.807, 2.05) is 0 Å². The maximum Gasteiger partial charge on any atom is 0.266 e. The van der Waals surface area contributed by atoms with Crippen LogP contribution in [0.3, 0.4) is 0 Å². The van der Waals surface area contributed by atoms with Crippen LogP contribution in [0, 0.1) is 0 Å². The topological polar surface area (TPSA) is 74.8 Å². The van der Waals surface area contributed by atoms with Gasteiger partial charge in [-0.25, -0.2) is 8.42 Å². The third-order valence-electron chi connectivity index (χ3n) is 4.48. The first kappa shape index (κ1) is 20.3. The maximum absolute atomic E-state index is 12.6. The molecule has 0 radical (unpaired) electrons. The molecule has 3 rings (SSSR count). The Hall–Kier alpha value is -1.42. The summed E-state index contributed by atoms with van der Waals surface area (Å²) >= 11 is 12.2. The number of benzene rings is 1. The van der Waals surface area contributed by atoms with Crippen LogP contribution in [0.25, 0.3) is 6.08 Å². The highest BCUT2D eigenvalue weighted by molar-refractivity contribution is 8.26. The lowest BCUT2D eigenvalue weighted by Gasteiger charge is -2.25. The van der Waals surface area contributed by atoms with Crippen molar-refractivity contribution < 1.29 is 18.0 Å². The van der Waals surface area contributed by atoms with Crippen molar-refractivity contribution in [3.8, 4) is 0 Å². The fourth-order valence-corrected chi connectivity index (χ4v) is 6.03. The fourth-order valence-electron chi connectivity index (χ4n) is 2.88. The van der Waals surface area contributed by atoms with Crippen LogP contribution in [0.4, 0.5) is 0 Å². The number of thiocarbonyl (C=S) groups is 1. The fraction of sp³-hybridized carbons (Fsp3) is 0.353. The average Bonchev–Trinajstić information content (AvgIpc) is 3.10. The van der Waals surface area contributed by atoms with Gasteiger partial charge in [-0.05, 0) is 30.2 Å². The van der Waals surface area contributed by atoms with E-state index in [1.165, 1.54) is 9.80 Å². The normalized spacial score (nSPS) is 23.3. The lowest BCUT2D eigenvalue weighted by atomic mass is 10.2. The summed E-state index contributed by atoms with van der Waals surface area (Å²) in [5.74, 6) is -0.619. The quantitative estimate of drug-likeness (QED) is 0.523. The van der Waals surface area contributed by atoms with Gasteiger partial charge in [-0.2, -0.15) is 0 Å². The highest BCUT2D eigenvalue weighted by Crippen LogP contribution is 2.32. The second-order valence-electron chi connectivity index (χ2n) is 6.38. The molecule has 2 heterocycles. The molecule has 0 N–H and O–H groups in total. The van der Waals surface area contributed by atoms with E-state index in [0.29, 0.717) is 20.7 Å². The minimum atomic E-state index is -3.09. The van der Waals surface area contributed by atoms with E-state index in [9.17, 15) is 18.0 Å². The second kappa shape index (κ2) is 7.90. The molecule has 0 bridgehead atoms. The third kappa shape index (κ3) is 4.71. The molecule has 1 unspecified atom stereocenters. The van der Waals surface area contributed by atoms with E-state index in [2.05, 4.69) is 0 Å². The molecule has 2 saturated heterocycles. The molecule has 0 aromatic heterocycles. The number of carbonyl (C=O) groups is 2. The van der Waals surface area contributed by atoms with Gasteiger partial charge in [0.2, 0.25) is 5.91 Å². The summed E-state index contributed by atoms with van der Waals surface area (Å²) < 4.78 is 23.5. The van der Waals surface area contributed by atoms with E-state index < -0.39 is 9.84 Å². The zero-order chi connectivity index (χ0) is 19.8. The van der Waals surface area contributed by atoms with Gasteiger partial charge in [0.1, 0.15) is 10.9 Å². The molecule has 2 amide bonds. The van der Waals surface area contributed by atoms with Crippen molar-refractivity contribution in [3.63, 3.8) is 0 Å². The molecular formula is C17H17ClN2O4S3. The minimum Gasteiger partial charge on any atom is -0.340 e. The van der Waals surface area contributed by atoms with Crippen molar-refractivity contribution in [2.45, 2.75) is 12.5 Å². The monoisotopic (exact) mass is 444 g/mol. The number of nitrogens with zero attached hydrogens (tertiary/aromatic N) is 2. The van der Waals surface area contributed by atoms with Crippen molar-refractivity contribution in [2.24, 2.45) is 0 Å². The molecule has 2 aliphatic heterocycles. The van der Waals surface area contributed by atoms with Crippen LogP contribution in [0.5, 0.6) is 0 Å². The Labute approximate surface area is 172 Å². The van der Waals surface area contributed by atoms with Gasteiger partial charge in [0.05, 0.1) is 16.4 Å². The van der Waals surface area contributed by atoms with Crippen molar-refractivity contribution in [1.82, 2.24) is 9.80 Å². The molecule has 6 nitrogen and oxygen atoms in total. The third-order valence-corrected chi connectivity index (χ3v) is 7.86. The molecule has 2 fully saturated rings.